The van der Waals surface area contributed by atoms with E-state index in [9.17, 15) is 9.59 Å². The van der Waals surface area contributed by atoms with Crippen LogP contribution in [0.25, 0.3) is 0 Å². The lowest BCUT2D eigenvalue weighted by Gasteiger charge is -2.18. The largest absolute Gasteiger partial charge is 0.462 e. The molecule has 0 bridgehead atoms. The summed E-state index contributed by atoms with van der Waals surface area (Å²) in [6, 6.07) is 0. The standard InChI is InChI=1S/C49H86O5/c1-4-7-10-13-16-19-22-24-25-27-28-30-33-36-39-42-48(50)53-46-47(45-52-44-41-38-35-32-21-18-15-12-9-6-3)54-49(51)43-40-37-34-31-29-26-23-20-17-14-11-8-5-2/h7,10,16,19-20,23-25,28,30,47H,4-6,8-9,11-15,17-18,21-22,26-27,29,31-46H2,1-3H3/b10-7-,19-16-,23-20-,25-24-,30-28-. The number of hydrogen-bond acceptors (Lipinski definition) is 5. The Balaban J connectivity index is 4.32. The molecule has 5 nitrogen and oxygen atoms in total. The van der Waals surface area contributed by atoms with E-state index in [0.29, 0.717) is 19.4 Å². The smallest absolute Gasteiger partial charge is 0.306 e. The normalized spacial score (nSPS) is 12.7. The molecule has 0 aromatic carbocycles. The summed E-state index contributed by atoms with van der Waals surface area (Å²) < 4.78 is 17.3. The molecule has 0 fully saturated rings. The van der Waals surface area contributed by atoms with Crippen molar-refractivity contribution < 1.29 is 23.8 Å². The van der Waals surface area contributed by atoms with E-state index in [1.807, 2.05) is 0 Å². The highest BCUT2D eigenvalue weighted by Gasteiger charge is 2.17. The van der Waals surface area contributed by atoms with Gasteiger partial charge in [-0.1, -0.05) is 178 Å². The molecule has 312 valence electrons. The van der Waals surface area contributed by atoms with Gasteiger partial charge in [-0.05, 0) is 83.5 Å². The maximum Gasteiger partial charge on any atom is 0.306 e. The van der Waals surface area contributed by atoms with E-state index in [0.717, 1.165) is 83.5 Å². The molecule has 0 amide bonds. The Hall–Kier alpha value is -2.40. The Morgan fingerprint density at radius 2 is 0.833 bits per heavy atom. The highest BCUT2D eigenvalue weighted by atomic mass is 16.6. The van der Waals surface area contributed by atoms with E-state index in [1.54, 1.807) is 0 Å². The predicted molar refractivity (Wildman–Crippen MR) is 233 cm³/mol. The molecule has 0 aliphatic heterocycles. The van der Waals surface area contributed by atoms with Crippen molar-refractivity contribution in [2.45, 2.75) is 219 Å². The van der Waals surface area contributed by atoms with E-state index in [4.69, 9.17) is 14.2 Å². The molecule has 0 aliphatic rings. The quantitative estimate of drug-likeness (QED) is 0.0353. The van der Waals surface area contributed by atoms with Crippen LogP contribution in [-0.2, 0) is 23.8 Å². The van der Waals surface area contributed by atoms with Crippen LogP contribution >= 0.6 is 0 Å². The third-order valence-electron chi connectivity index (χ3n) is 9.54. The van der Waals surface area contributed by atoms with Gasteiger partial charge in [0.1, 0.15) is 6.61 Å². The minimum atomic E-state index is -0.553. The van der Waals surface area contributed by atoms with Gasteiger partial charge in [-0.15, -0.1) is 0 Å². The summed E-state index contributed by atoms with van der Waals surface area (Å²) in [6.07, 6.45) is 55.0. The van der Waals surface area contributed by atoms with Crippen molar-refractivity contribution in [3.05, 3.63) is 60.8 Å². The average Bonchev–Trinajstić information content (AvgIpc) is 3.17. The molecule has 0 heterocycles. The molecular weight excluding hydrogens is 669 g/mol. The van der Waals surface area contributed by atoms with Crippen LogP contribution in [0.3, 0.4) is 0 Å². The topological polar surface area (TPSA) is 61.8 Å². The van der Waals surface area contributed by atoms with Crippen LogP contribution in [0.2, 0.25) is 0 Å². The SMILES string of the molecule is CC/C=C\C/C=C\C/C=C\C/C=C\CCCCC(=O)OCC(COCCCCCCCCCCCC)OC(=O)CCCCCCC/C=C\CCCCCC. The highest BCUT2D eigenvalue weighted by molar-refractivity contribution is 5.70. The van der Waals surface area contributed by atoms with Gasteiger partial charge in [0, 0.05) is 19.4 Å². The van der Waals surface area contributed by atoms with Crippen LogP contribution in [-0.4, -0.2) is 37.9 Å². The molecule has 0 saturated heterocycles. The Morgan fingerprint density at radius 1 is 0.426 bits per heavy atom. The number of carbonyl (C=O) groups excluding carboxylic acids is 2. The second-order valence-corrected chi connectivity index (χ2v) is 14.9. The summed E-state index contributed by atoms with van der Waals surface area (Å²) in [4.78, 5) is 25.2. The number of allylic oxidation sites excluding steroid dienone is 10. The van der Waals surface area contributed by atoms with Gasteiger partial charge in [0.05, 0.1) is 6.61 Å². The molecule has 0 aliphatic carbocycles. The zero-order valence-electron chi connectivity index (χ0n) is 35.7. The van der Waals surface area contributed by atoms with Crippen molar-refractivity contribution >= 4 is 11.9 Å². The molecule has 0 aromatic rings. The lowest BCUT2D eigenvalue weighted by molar-refractivity contribution is -0.163. The molecule has 0 rings (SSSR count). The fraction of sp³-hybridized carbons (Fsp3) is 0.755. The number of carbonyl (C=O) groups is 2. The minimum absolute atomic E-state index is 0.0611. The third-order valence-corrected chi connectivity index (χ3v) is 9.54. The van der Waals surface area contributed by atoms with Crippen LogP contribution in [0.15, 0.2) is 60.8 Å². The van der Waals surface area contributed by atoms with Gasteiger partial charge in [0.2, 0.25) is 0 Å². The minimum Gasteiger partial charge on any atom is -0.462 e. The summed E-state index contributed by atoms with van der Waals surface area (Å²) in [5.74, 6) is -0.454. The van der Waals surface area contributed by atoms with Crippen molar-refractivity contribution in [2.24, 2.45) is 0 Å². The molecule has 0 saturated carbocycles. The second-order valence-electron chi connectivity index (χ2n) is 14.9. The molecule has 0 spiro atoms. The zero-order chi connectivity index (χ0) is 39.3. The zero-order valence-corrected chi connectivity index (χ0v) is 35.7. The van der Waals surface area contributed by atoms with Gasteiger partial charge in [0.15, 0.2) is 6.10 Å². The van der Waals surface area contributed by atoms with E-state index in [1.165, 1.54) is 96.3 Å². The van der Waals surface area contributed by atoms with Crippen molar-refractivity contribution in [1.29, 1.82) is 0 Å². The molecule has 0 N–H and O–H groups in total. The van der Waals surface area contributed by atoms with Crippen LogP contribution in [0, 0.1) is 0 Å². The number of unbranched alkanes of at least 4 members (excludes halogenated alkanes) is 20. The van der Waals surface area contributed by atoms with E-state index >= 15 is 0 Å². The summed E-state index contributed by atoms with van der Waals surface area (Å²) >= 11 is 0. The highest BCUT2D eigenvalue weighted by Crippen LogP contribution is 2.13. The van der Waals surface area contributed by atoms with Crippen molar-refractivity contribution in [3.63, 3.8) is 0 Å². The molecule has 0 radical (unpaired) electrons. The third kappa shape index (κ3) is 42.3. The molecule has 1 unspecified atom stereocenters. The van der Waals surface area contributed by atoms with Gasteiger partial charge in [-0.3, -0.25) is 9.59 Å². The Morgan fingerprint density at radius 3 is 1.41 bits per heavy atom. The lowest BCUT2D eigenvalue weighted by atomic mass is 10.1. The molecule has 54 heavy (non-hydrogen) atoms. The van der Waals surface area contributed by atoms with Gasteiger partial charge in [-0.25, -0.2) is 0 Å². The van der Waals surface area contributed by atoms with E-state index in [-0.39, 0.29) is 25.2 Å². The Kier molecular flexibility index (Phi) is 43.0. The van der Waals surface area contributed by atoms with Gasteiger partial charge in [-0.2, -0.15) is 0 Å². The Labute approximate surface area is 334 Å². The maximum atomic E-state index is 12.7. The van der Waals surface area contributed by atoms with E-state index < -0.39 is 6.10 Å². The average molecular weight is 755 g/mol. The predicted octanol–water partition coefficient (Wildman–Crippen LogP) is 15.0. The number of esters is 2. The number of rotatable bonds is 41. The lowest BCUT2D eigenvalue weighted by Crippen LogP contribution is -2.30. The number of hydrogen-bond donors (Lipinski definition) is 0. The van der Waals surface area contributed by atoms with Crippen molar-refractivity contribution in [3.8, 4) is 0 Å². The molecule has 5 heteroatoms. The number of ether oxygens (including phenoxy) is 3. The summed E-state index contributed by atoms with van der Waals surface area (Å²) in [7, 11) is 0. The molecule has 0 aromatic heterocycles. The van der Waals surface area contributed by atoms with Crippen molar-refractivity contribution in [1.82, 2.24) is 0 Å². The summed E-state index contributed by atoms with van der Waals surface area (Å²) in [6.45, 7) is 7.64. The van der Waals surface area contributed by atoms with Gasteiger partial charge in [0.25, 0.3) is 0 Å². The fourth-order valence-electron chi connectivity index (χ4n) is 6.14. The first kappa shape index (κ1) is 51.6. The van der Waals surface area contributed by atoms with Gasteiger partial charge < -0.3 is 14.2 Å². The van der Waals surface area contributed by atoms with Crippen LogP contribution in [0.1, 0.15) is 213 Å². The first-order valence-corrected chi connectivity index (χ1v) is 22.8. The van der Waals surface area contributed by atoms with Crippen molar-refractivity contribution in [2.75, 3.05) is 19.8 Å². The molecule has 1 atom stereocenters. The fourth-order valence-corrected chi connectivity index (χ4v) is 6.14. The summed E-state index contributed by atoms with van der Waals surface area (Å²) in [5, 5.41) is 0. The monoisotopic (exact) mass is 755 g/mol. The Bertz CT molecular complexity index is 946. The second kappa shape index (κ2) is 45.0. The molecular formula is C49H86O5. The van der Waals surface area contributed by atoms with E-state index in [2.05, 4.69) is 81.5 Å². The first-order valence-electron chi connectivity index (χ1n) is 22.8. The van der Waals surface area contributed by atoms with Crippen LogP contribution < -0.4 is 0 Å². The van der Waals surface area contributed by atoms with Gasteiger partial charge >= 0.3 is 11.9 Å². The maximum absolute atomic E-state index is 12.7. The summed E-state index contributed by atoms with van der Waals surface area (Å²) in [5.41, 5.74) is 0. The van der Waals surface area contributed by atoms with Crippen LogP contribution in [0.5, 0.6) is 0 Å². The first-order chi connectivity index (χ1) is 26.6. The van der Waals surface area contributed by atoms with Crippen LogP contribution in [0.4, 0.5) is 0 Å².